The molecule has 1 saturated heterocycles. The number of carbonyl (C=O) groups excluding carboxylic acids is 1. The van der Waals surface area contributed by atoms with Crippen LogP contribution in [0.2, 0.25) is 0 Å². The highest BCUT2D eigenvalue weighted by Gasteiger charge is 2.25. The molecule has 29 heavy (non-hydrogen) atoms. The Balaban J connectivity index is 2.14. The fourth-order valence-corrected chi connectivity index (χ4v) is 3.50. The summed E-state index contributed by atoms with van der Waals surface area (Å²) in [5.41, 5.74) is 0. The molecule has 0 aliphatic carbocycles. The largest absolute Gasteiger partial charge is 0.465 e. The second-order valence-electron chi connectivity index (χ2n) is 7.23. The quantitative estimate of drug-likeness (QED) is 0.496. The lowest BCUT2D eigenvalue weighted by Gasteiger charge is -2.33. The van der Waals surface area contributed by atoms with E-state index in [-0.39, 0.29) is 11.9 Å². The lowest BCUT2D eigenvalue weighted by Crippen LogP contribution is -2.46. The van der Waals surface area contributed by atoms with Crippen molar-refractivity contribution in [1.29, 1.82) is 0 Å². The van der Waals surface area contributed by atoms with Crippen LogP contribution < -0.4 is 5.32 Å². The smallest absolute Gasteiger partial charge is 0.242 e. The first kappa shape index (κ1) is 23.2. The number of morpholine rings is 1. The van der Waals surface area contributed by atoms with E-state index in [1.807, 2.05) is 56.7 Å². The number of rotatable bonds is 9. The van der Waals surface area contributed by atoms with E-state index in [9.17, 15) is 4.79 Å². The third kappa shape index (κ3) is 6.75. The van der Waals surface area contributed by atoms with Gasteiger partial charge in [0.1, 0.15) is 11.5 Å². The van der Waals surface area contributed by atoms with E-state index < -0.39 is 0 Å². The van der Waals surface area contributed by atoms with Crippen LogP contribution in [0.1, 0.15) is 38.3 Å². The summed E-state index contributed by atoms with van der Waals surface area (Å²) in [5.74, 6) is 2.66. The summed E-state index contributed by atoms with van der Waals surface area (Å²) in [4.78, 5) is 23.4. The first-order chi connectivity index (χ1) is 14.0. The van der Waals surface area contributed by atoms with E-state index in [1.54, 1.807) is 0 Å². The van der Waals surface area contributed by atoms with E-state index in [0.29, 0.717) is 26.2 Å². The van der Waals surface area contributed by atoms with E-state index in [2.05, 4.69) is 10.2 Å². The standard InChI is InChI=1S/C21H37N5O3/c1-6-22-21(24(5)16-20(27)25(7-2)8-3)23-15-18(19-10-9-17(4)29-19)26-11-13-28-14-12-26/h9-10,18H,6-8,11-16H2,1-5H3,(H,22,23). The van der Waals surface area contributed by atoms with Gasteiger partial charge in [-0.05, 0) is 39.8 Å². The van der Waals surface area contributed by atoms with Crippen LogP contribution >= 0.6 is 0 Å². The molecule has 8 heteroatoms. The number of nitrogens with zero attached hydrogens (tertiary/aromatic N) is 4. The molecule has 2 heterocycles. The number of nitrogens with one attached hydrogen (secondary N) is 1. The normalized spacial score (nSPS) is 16.5. The number of guanidine groups is 1. The third-order valence-corrected chi connectivity index (χ3v) is 5.18. The van der Waals surface area contributed by atoms with Crippen LogP contribution in [-0.2, 0) is 9.53 Å². The van der Waals surface area contributed by atoms with Crippen molar-refractivity contribution in [2.45, 2.75) is 33.7 Å². The van der Waals surface area contributed by atoms with Crippen LogP contribution in [0, 0.1) is 6.92 Å². The Hall–Kier alpha value is -2.06. The first-order valence-electron chi connectivity index (χ1n) is 10.6. The minimum atomic E-state index is 0.0492. The van der Waals surface area contributed by atoms with Crippen molar-refractivity contribution >= 4 is 11.9 Å². The zero-order valence-electron chi connectivity index (χ0n) is 18.6. The van der Waals surface area contributed by atoms with Crippen LogP contribution in [0.5, 0.6) is 0 Å². The van der Waals surface area contributed by atoms with Gasteiger partial charge in [-0.25, -0.2) is 0 Å². The number of ether oxygens (including phenoxy) is 1. The van der Waals surface area contributed by atoms with Crippen molar-refractivity contribution in [3.05, 3.63) is 23.7 Å². The summed E-state index contributed by atoms with van der Waals surface area (Å²) in [6.07, 6.45) is 0. The Morgan fingerprint density at radius 3 is 2.48 bits per heavy atom. The molecule has 0 spiro atoms. The molecular formula is C21H37N5O3. The molecule has 1 atom stereocenters. The average molecular weight is 408 g/mol. The Morgan fingerprint density at radius 1 is 1.24 bits per heavy atom. The molecule has 1 unspecified atom stereocenters. The number of likely N-dealkylation sites (N-methyl/N-ethyl adjacent to an activating group) is 2. The second-order valence-corrected chi connectivity index (χ2v) is 7.23. The highest BCUT2D eigenvalue weighted by Crippen LogP contribution is 2.24. The molecule has 0 bridgehead atoms. The molecule has 2 rings (SSSR count). The number of carbonyl (C=O) groups is 1. The second kappa shape index (κ2) is 11.8. The van der Waals surface area contributed by atoms with E-state index in [4.69, 9.17) is 14.1 Å². The van der Waals surface area contributed by atoms with Crippen LogP contribution in [0.3, 0.4) is 0 Å². The van der Waals surface area contributed by atoms with Crippen LogP contribution in [-0.4, -0.2) is 92.6 Å². The highest BCUT2D eigenvalue weighted by molar-refractivity contribution is 5.86. The summed E-state index contributed by atoms with van der Waals surface area (Å²) >= 11 is 0. The molecule has 0 aromatic carbocycles. The van der Waals surface area contributed by atoms with Gasteiger partial charge < -0.3 is 24.3 Å². The SMILES string of the molecule is CCNC(=NCC(c1ccc(C)o1)N1CCOCC1)N(C)CC(=O)N(CC)CC. The molecule has 1 fully saturated rings. The maximum absolute atomic E-state index is 12.5. The lowest BCUT2D eigenvalue weighted by molar-refractivity contribution is -0.131. The number of aryl methyl sites for hydroxylation is 1. The summed E-state index contributed by atoms with van der Waals surface area (Å²) < 4.78 is 11.4. The predicted molar refractivity (Wildman–Crippen MR) is 115 cm³/mol. The molecular weight excluding hydrogens is 370 g/mol. The summed E-state index contributed by atoms with van der Waals surface area (Å²) in [6, 6.07) is 4.08. The zero-order chi connectivity index (χ0) is 21.2. The summed E-state index contributed by atoms with van der Waals surface area (Å²) in [6.45, 7) is 14.2. The van der Waals surface area contributed by atoms with E-state index in [1.165, 1.54) is 0 Å². The Labute approximate surface area is 174 Å². The fraction of sp³-hybridized carbons (Fsp3) is 0.714. The van der Waals surface area contributed by atoms with Gasteiger partial charge in [-0.2, -0.15) is 0 Å². The van der Waals surface area contributed by atoms with Gasteiger partial charge in [0.25, 0.3) is 0 Å². The number of hydrogen-bond donors (Lipinski definition) is 1. The molecule has 1 aliphatic heterocycles. The molecule has 1 aliphatic rings. The van der Waals surface area contributed by atoms with Crippen molar-refractivity contribution in [3.63, 3.8) is 0 Å². The van der Waals surface area contributed by atoms with Gasteiger partial charge in [-0.15, -0.1) is 0 Å². The maximum Gasteiger partial charge on any atom is 0.242 e. The monoisotopic (exact) mass is 407 g/mol. The number of hydrogen-bond acceptors (Lipinski definition) is 5. The van der Waals surface area contributed by atoms with Crippen molar-refractivity contribution in [1.82, 2.24) is 20.0 Å². The summed E-state index contributed by atoms with van der Waals surface area (Å²) in [7, 11) is 1.91. The Morgan fingerprint density at radius 2 is 1.93 bits per heavy atom. The van der Waals surface area contributed by atoms with Crippen LogP contribution in [0.4, 0.5) is 0 Å². The molecule has 0 saturated carbocycles. The van der Waals surface area contributed by atoms with Crippen molar-refractivity contribution in [2.24, 2.45) is 4.99 Å². The minimum absolute atomic E-state index is 0.0492. The van der Waals surface area contributed by atoms with Gasteiger partial charge >= 0.3 is 0 Å². The van der Waals surface area contributed by atoms with Gasteiger partial charge in [0.05, 0.1) is 32.3 Å². The predicted octanol–water partition coefficient (Wildman–Crippen LogP) is 1.73. The van der Waals surface area contributed by atoms with E-state index >= 15 is 0 Å². The number of amides is 1. The average Bonchev–Trinajstić information content (AvgIpc) is 3.15. The molecule has 164 valence electrons. The Kier molecular flexibility index (Phi) is 9.47. The fourth-order valence-electron chi connectivity index (χ4n) is 3.50. The number of furan rings is 1. The summed E-state index contributed by atoms with van der Waals surface area (Å²) in [5, 5.41) is 3.31. The zero-order valence-corrected chi connectivity index (χ0v) is 18.6. The molecule has 1 amide bonds. The van der Waals surface area contributed by atoms with Crippen molar-refractivity contribution in [3.8, 4) is 0 Å². The molecule has 1 aromatic heterocycles. The van der Waals surface area contributed by atoms with Crippen LogP contribution in [0.25, 0.3) is 0 Å². The van der Waals surface area contributed by atoms with Gasteiger partial charge in [-0.1, -0.05) is 0 Å². The van der Waals surface area contributed by atoms with Gasteiger partial charge in [0.15, 0.2) is 5.96 Å². The van der Waals surface area contributed by atoms with Crippen molar-refractivity contribution in [2.75, 3.05) is 66.1 Å². The lowest BCUT2D eigenvalue weighted by atomic mass is 10.1. The number of aliphatic imine (C=N–C) groups is 1. The third-order valence-electron chi connectivity index (χ3n) is 5.18. The van der Waals surface area contributed by atoms with Crippen molar-refractivity contribution < 1.29 is 13.9 Å². The van der Waals surface area contributed by atoms with Gasteiger partial charge in [0, 0.05) is 39.8 Å². The first-order valence-corrected chi connectivity index (χ1v) is 10.6. The maximum atomic E-state index is 12.5. The molecule has 8 nitrogen and oxygen atoms in total. The molecule has 1 N–H and O–H groups in total. The minimum Gasteiger partial charge on any atom is -0.465 e. The van der Waals surface area contributed by atoms with Crippen LogP contribution in [0.15, 0.2) is 21.5 Å². The van der Waals surface area contributed by atoms with Gasteiger partial charge in [-0.3, -0.25) is 14.7 Å². The molecule has 1 aromatic rings. The van der Waals surface area contributed by atoms with Gasteiger partial charge in [0.2, 0.25) is 5.91 Å². The van der Waals surface area contributed by atoms with E-state index in [0.717, 1.165) is 50.3 Å². The topological polar surface area (TPSA) is 73.5 Å². The molecule has 0 radical (unpaired) electrons. The highest BCUT2D eigenvalue weighted by atomic mass is 16.5. The Bertz CT molecular complexity index is 650.